The Hall–Kier alpha value is -3.31. The van der Waals surface area contributed by atoms with Crippen LogP contribution in [0, 0.1) is 13.8 Å². The summed E-state index contributed by atoms with van der Waals surface area (Å²) in [5.74, 6) is 2.47. The van der Waals surface area contributed by atoms with Gasteiger partial charge in [-0.1, -0.05) is 35.4 Å². The molecule has 3 aromatic carbocycles. The zero-order valence-electron chi connectivity index (χ0n) is 18.1. The van der Waals surface area contributed by atoms with Crippen molar-refractivity contribution in [2.45, 2.75) is 13.8 Å². The van der Waals surface area contributed by atoms with Gasteiger partial charge >= 0.3 is 0 Å². The van der Waals surface area contributed by atoms with Crippen molar-refractivity contribution in [2.24, 2.45) is 4.99 Å². The van der Waals surface area contributed by atoms with E-state index in [-0.39, 0.29) is 5.91 Å². The lowest BCUT2D eigenvalue weighted by atomic mass is 10.1. The molecule has 0 aliphatic carbocycles. The van der Waals surface area contributed by atoms with Gasteiger partial charge in [0.15, 0.2) is 5.75 Å². The highest BCUT2D eigenvalue weighted by atomic mass is 35.5. The molecular weight excluding hydrogens is 422 g/mol. The maximum Gasteiger partial charge on any atom is 0.254 e. The van der Waals surface area contributed by atoms with Crippen LogP contribution < -0.4 is 4.74 Å². The minimum absolute atomic E-state index is 0.00959. The number of carbonyl (C=O) groups is 1. The van der Waals surface area contributed by atoms with Gasteiger partial charge < -0.3 is 14.5 Å². The van der Waals surface area contributed by atoms with E-state index in [0.29, 0.717) is 36.8 Å². The van der Waals surface area contributed by atoms with Gasteiger partial charge in [-0.25, -0.2) is 4.99 Å². The van der Waals surface area contributed by atoms with Crippen LogP contribution in [0.15, 0.2) is 65.7 Å². The predicted octanol–water partition coefficient (Wildman–Crippen LogP) is 5.60. The minimum atomic E-state index is 0.00959. The summed E-state index contributed by atoms with van der Waals surface area (Å²) in [6, 6.07) is 19.4. The van der Waals surface area contributed by atoms with Crippen molar-refractivity contribution in [3.63, 3.8) is 0 Å². The zero-order valence-corrected chi connectivity index (χ0v) is 18.9. The topological polar surface area (TPSA) is 45.1 Å². The monoisotopic (exact) mass is 445 g/mol. The summed E-state index contributed by atoms with van der Waals surface area (Å²) in [5, 5.41) is 0.572. The number of halogens is 1. The Morgan fingerprint density at radius 1 is 0.906 bits per heavy atom. The third-order valence-corrected chi connectivity index (χ3v) is 6.11. The number of fused-ring (bicyclic) bond motifs is 2. The van der Waals surface area contributed by atoms with E-state index in [1.54, 1.807) is 12.1 Å². The second-order valence-electron chi connectivity index (χ2n) is 8.30. The molecule has 5 nitrogen and oxygen atoms in total. The first kappa shape index (κ1) is 20.6. The highest BCUT2D eigenvalue weighted by molar-refractivity contribution is 6.31. The summed E-state index contributed by atoms with van der Waals surface area (Å²) < 4.78 is 6.27. The van der Waals surface area contributed by atoms with Gasteiger partial charge in [-0.2, -0.15) is 0 Å². The maximum absolute atomic E-state index is 12.9. The fraction of sp³-hybridized carbons (Fsp3) is 0.231. The van der Waals surface area contributed by atoms with Crippen LogP contribution in [0.1, 0.15) is 27.0 Å². The average molecular weight is 446 g/mol. The quantitative estimate of drug-likeness (QED) is 0.489. The van der Waals surface area contributed by atoms with Crippen LogP contribution in [-0.2, 0) is 0 Å². The van der Waals surface area contributed by atoms with Gasteiger partial charge in [-0.15, -0.1) is 0 Å². The van der Waals surface area contributed by atoms with Gasteiger partial charge in [0.1, 0.15) is 17.3 Å². The normalized spacial score (nSPS) is 15.3. The van der Waals surface area contributed by atoms with Crippen molar-refractivity contribution in [2.75, 3.05) is 26.2 Å². The van der Waals surface area contributed by atoms with Crippen molar-refractivity contribution in [1.29, 1.82) is 0 Å². The smallest absolute Gasteiger partial charge is 0.254 e. The molecular formula is C26H24ClN3O2. The number of aliphatic imine (C=N–C) groups is 1. The SMILES string of the molecule is Cc1ccc2c(c1)Oc1ccc(C)cc1C(N1CCN(C(=O)c3cccc(Cl)c3)CC1)=N2. The summed E-state index contributed by atoms with van der Waals surface area (Å²) in [6.45, 7) is 6.74. The number of amides is 1. The number of amidine groups is 1. The molecule has 5 rings (SSSR count). The lowest BCUT2D eigenvalue weighted by Gasteiger charge is -2.36. The van der Waals surface area contributed by atoms with Crippen LogP contribution >= 0.6 is 11.6 Å². The molecule has 2 aliphatic heterocycles. The molecule has 3 aromatic rings. The first-order chi connectivity index (χ1) is 15.5. The Morgan fingerprint density at radius 3 is 2.44 bits per heavy atom. The van der Waals surface area contributed by atoms with Crippen molar-refractivity contribution in [3.8, 4) is 11.5 Å². The van der Waals surface area contributed by atoms with Gasteiger partial charge in [0, 0.05) is 36.8 Å². The Morgan fingerprint density at radius 2 is 1.66 bits per heavy atom. The molecule has 32 heavy (non-hydrogen) atoms. The highest BCUT2D eigenvalue weighted by Crippen LogP contribution is 2.39. The first-order valence-corrected chi connectivity index (χ1v) is 11.1. The first-order valence-electron chi connectivity index (χ1n) is 10.8. The summed E-state index contributed by atoms with van der Waals surface area (Å²) in [6.07, 6.45) is 0. The fourth-order valence-corrected chi connectivity index (χ4v) is 4.35. The van der Waals surface area contributed by atoms with Gasteiger partial charge in [0.2, 0.25) is 0 Å². The molecule has 162 valence electrons. The molecule has 1 amide bonds. The van der Waals surface area contributed by atoms with E-state index in [9.17, 15) is 4.79 Å². The molecule has 0 unspecified atom stereocenters. The van der Waals surface area contributed by atoms with Crippen molar-refractivity contribution in [3.05, 3.63) is 87.9 Å². The molecule has 1 fully saturated rings. The Kier molecular flexibility index (Phi) is 5.35. The van der Waals surface area contributed by atoms with Gasteiger partial charge in [0.25, 0.3) is 5.91 Å². The van der Waals surface area contributed by atoms with E-state index in [2.05, 4.69) is 24.0 Å². The lowest BCUT2D eigenvalue weighted by molar-refractivity contribution is 0.0692. The van der Waals surface area contributed by atoms with Crippen LogP contribution in [0.3, 0.4) is 0 Å². The number of nitrogens with zero attached hydrogens (tertiary/aromatic N) is 3. The van der Waals surface area contributed by atoms with Gasteiger partial charge in [-0.3, -0.25) is 4.79 Å². The minimum Gasteiger partial charge on any atom is -0.454 e. The van der Waals surface area contributed by atoms with Crippen LogP contribution in [0.2, 0.25) is 5.02 Å². The van der Waals surface area contributed by atoms with E-state index in [1.807, 2.05) is 48.2 Å². The maximum atomic E-state index is 12.9. The molecule has 0 spiro atoms. The van der Waals surface area contributed by atoms with Crippen molar-refractivity contribution in [1.82, 2.24) is 9.80 Å². The van der Waals surface area contributed by atoms with Crippen LogP contribution in [-0.4, -0.2) is 47.7 Å². The molecule has 1 saturated heterocycles. The van der Waals surface area contributed by atoms with E-state index < -0.39 is 0 Å². The molecule has 0 aromatic heterocycles. The number of hydrogen-bond donors (Lipinski definition) is 0. The molecule has 0 radical (unpaired) electrons. The molecule has 2 aliphatic rings. The number of hydrogen-bond acceptors (Lipinski definition) is 4. The predicted molar refractivity (Wildman–Crippen MR) is 128 cm³/mol. The van der Waals surface area contributed by atoms with E-state index >= 15 is 0 Å². The Balaban J connectivity index is 1.43. The highest BCUT2D eigenvalue weighted by Gasteiger charge is 2.28. The standard InChI is InChI=1S/C26H24ClN3O2/c1-17-7-9-23-21(14-17)25(28-22-8-6-18(2)15-24(22)32-23)29-10-12-30(13-11-29)26(31)19-4-3-5-20(27)16-19/h3-9,14-16H,10-13H2,1-2H3. The van der Waals surface area contributed by atoms with Gasteiger partial charge in [0.05, 0.1) is 5.56 Å². The fourth-order valence-electron chi connectivity index (χ4n) is 4.16. The second-order valence-corrected chi connectivity index (χ2v) is 8.73. The van der Waals surface area contributed by atoms with Crippen LogP contribution in [0.5, 0.6) is 11.5 Å². The van der Waals surface area contributed by atoms with Crippen LogP contribution in [0.4, 0.5) is 5.69 Å². The summed E-state index contributed by atoms with van der Waals surface area (Å²) in [7, 11) is 0. The van der Waals surface area contributed by atoms with Crippen molar-refractivity contribution < 1.29 is 9.53 Å². The third-order valence-electron chi connectivity index (χ3n) is 5.88. The largest absolute Gasteiger partial charge is 0.454 e. The second kappa shape index (κ2) is 8.32. The summed E-state index contributed by atoms with van der Waals surface area (Å²) in [5.41, 5.74) is 4.70. The number of ether oxygens (including phenoxy) is 1. The van der Waals surface area contributed by atoms with E-state index in [4.69, 9.17) is 21.3 Å². The Labute approximate surface area is 192 Å². The number of piperazine rings is 1. The zero-order chi connectivity index (χ0) is 22.2. The number of aryl methyl sites for hydroxylation is 2. The lowest BCUT2D eigenvalue weighted by Crippen LogP contribution is -2.50. The summed E-state index contributed by atoms with van der Waals surface area (Å²) in [4.78, 5) is 22.1. The summed E-state index contributed by atoms with van der Waals surface area (Å²) >= 11 is 6.07. The Bertz CT molecular complexity index is 1230. The number of carbonyl (C=O) groups excluding carboxylic acids is 1. The molecule has 0 atom stereocenters. The third kappa shape index (κ3) is 3.96. The number of benzene rings is 3. The molecule has 0 bridgehead atoms. The van der Waals surface area contributed by atoms with Crippen LogP contribution in [0.25, 0.3) is 0 Å². The number of rotatable bonds is 1. The molecule has 0 N–H and O–H groups in total. The van der Waals surface area contributed by atoms with E-state index in [1.165, 1.54) is 0 Å². The molecule has 6 heteroatoms. The van der Waals surface area contributed by atoms with Gasteiger partial charge in [-0.05, 0) is 61.9 Å². The molecule has 2 heterocycles. The average Bonchev–Trinajstić information content (AvgIpc) is 2.95. The molecule has 0 saturated carbocycles. The van der Waals surface area contributed by atoms with E-state index in [0.717, 1.165) is 39.7 Å². The van der Waals surface area contributed by atoms with Crippen molar-refractivity contribution >= 4 is 29.0 Å².